The van der Waals surface area contributed by atoms with Crippen LogP contribution in [0, 0.1) is 17.8 Å². The summed E-state index contributed by atoms with van der Waals surface area (Å²) in [6.45, 7) is 2.90. The highest BCUT2D eigenvalue weighted by atomic mass is 32.2. The van der Waals surface area contributed by atoms with Crippen LogP contribution in [0.2, 0.25) is 0 Å². The Bertz CT molecular complexity index is 882. The molecule has 7 heteroatoms. The minimum absolute atomic E-state index is 0.0454. The van der Waals surface area contributed by atoms with Crippen LogP contribution in [0.5, 0.6) is 5.88 Å². The van der Waals surface area contributed by atoms with Gasteiger partial charge in [0.1, 0.15) is 0 Å². The summed E-state index contributed by atoms with van der Waals surface area (Å²) in [5.74, 6) is 3.25. The van der Waals surface area contributed by atoms with E-state index in [0.717, 1.165) is 44.1 Å². The maximum atomic E-state index is 13.4. The molecule has 0 spiro atoms. The number of fused-ring (bicyclic) bond motifs is 1. The molecule has 0 N–H and O–H groups in total. The molecule has 2 saturated heterocycles. The Morgan fingerprint density at radius 2 is 1.85 bits per heavy atom. The van der Waals surface area contributed by atoms with E-state index in [1.54, 1.807) is 12.3 Å². The van der Waals surface area contributed by atoms with Crippen molar-refractivity contribution in [2.24, 2.45) is 17.8 Å². The number of hydrogen-bond donors (Lipinski definition) is 0. The van der Waals surface area contributed by atoms with Crippen molar-refractivity contribution in [1.29, 1.82) is 0 Å². The van der Waals surface area contributed by atoms with Crippen LogP contribution in [0.15, 0.2) is 35.4 Å². The average Bonchev–Trinajstić information content (AvgIpc) is 3.39. The average molecular weight is 484 g/mol. The third-order valence-corrected chi connectivity index (χ3v) is 9.42. The topological polar surface area (TPSA) is 62.7 Å². The van der Waals surface area contributed by atoms with Gasteiger partial charge in [0.2, 0.25) is 17.7 Å². The van der Waals surface area contributed by atoms with Gasteiger partial charge in [0.15, 0.2) is 0 Å². The van der Waals surface area contributed by atoms with Gasteiger partial charge in [0.05, 0.1) is 18.9 Å². The third kappa shape index (κ3) is 5.45. The van der Waals surface area contributed by atoms with Crippen LogP contribution < -0.4 is 4.74 Å². The van der Waals surface area contributed by atoms with Gasteiger partial charge in [-0.05, 0) is 61.3 Å². The second-order valence-corrected chi connectivity index (χ2v) is 11.3. The highest BCUT2D eigenvalue weighted by Gasteiger charge is 2.39. The molecule has 184 valence electrons. The number of pyridine rings is 1. The Morgan fingerprint density at radius 1 is 1.03 bits per heavy atom. The van der Waals surface area contributed by atoms with Gasteiger partial charge in [-0.25, -0.2) is 4.98 Å². The highest BCUT2D eigenvalue weighted by molar-refractivity contribution is 8.03. The Hall–Kier alpha value is -2.02. The lowest BCUT2D eigenvalue weighted by Crippen LogP contribution is -2.51. The van der Waals surface area contributed by atoms with Gasteiger partial charge >= 0.3 is 0 Å². The minimum atomic E-state index is 0.0454. The maximum absolute atomic E-state index is 13.4. The van der Waals surface area contributed by atoms with Crippen LogP contribution in [0.3, 0.4) is 0 Å². The van der Waals surface area contributed by atoms with Crippen molar-refractivity contribution < 1.29 is 14.3 Å². The number of allylic oxidation sites excluding steroid dienone is 1. The van der Waals surface area contributed by atoms with Crippen LogP contribution in [0.25, 0.3) is 0 Å². The van der Waals surface area contributed by atoms with E-state index in [1.807, 2.05) is 28.8 Å². The lowest BCUT2D eigenvalue weighted by molar-refractivity contribution is -0.139. The SMILES string of the molecule is O=C(CCOc1ccccn1)N1CCC(C2=CC(C(=O)N3CCCC4CCCCC43)CS2)CC1. The molecule has 5 rings (SSSR count). The first kappa shape index (κ1) is 23.7. The number of ether oxygens (including phenoxy) is 1. The molecular formula is C27H37N3O3S. The molecule has 0 bridgehead atoms. The molecule has 3 atom stereocenters. The van der Waals surface area contributed by atoms with Gasteiger partial charge in [-0.2, -0.15) is 0 Å². The monoisotopic (exact) mass is 483 g/mol. The summed E-state index contributed by atoms with van der Waals surface area (Å²) in [5, 5.41) is 0. The number of likely N-dealkylation sites (tertiary alicyclic amines) is 2. The first-order valence-electron chi connectivity index (χ1n) is 13.2. The van der Waals surface area contributed by atoms with Crippen LogP contribution in [-0.4, -0.2) is 64.6 Å². The van der Waals surface area contributed by atoms with Crippen LogP contribution >= 0.6 is 11.8 Å². The van der Waals surface area contributed by atoms with Crippen LogP contribution in [0.4, 0.5) is 0 Å². The molecule has 0 radical (unpaired) electrons. The summed E-state index contributed by atoms with van der Waals surface area (Å²) >= 11 is 1.88. The lowest BCUT2D eigenvalue weighted by atomic mass is 9.78. The van der Waals surface area contributed by atoms with Crippen molar-refractivity contribution in [2.45, 2.75) is 63.8 Å². The van der Waals surface area contributed by atoms with E-state index >= 15 is 0 Å². The molecule has 3 unspecified atom stereocenters. The Balaban J connectivity index is 1.08. The Labute approximate surface area is 207 Å². The molecule has 34 heavy (non-hydrogen) atoms. The molecule has 1 saturated carbocycles. The second-order valence-electron chi connectivity index (χ2n) is 10.2. The van der Waals surface area contributed by atoms with Crippen molar-refractivity contribution in [2.75, 3.05) is 32.0 Å². The van der Waals surface area contributed by atoms with Gasteiger partial charge in [-0.3, -0.25) is 9.59 Å². The summed E-state index contributed by atoms with van der Waals surface area (Å²) in [6.07, 6.45) is 13.9. The number of carbonyl (C=O) groups is 2. The van der Waals surface area contributed by atoms with E-state index < -0.39 is 0 Å². The minimum Gasteiger partial charge on any atom is -0.477 e. The van der Waals surface area contributed by atoms with Crippen molar-refractivity contribution in [3.05, 3.63) is 35.4 Å². The number of rotatable bonds is 6. The van der Waals surface area contributed by atoms with Crippen molar-refractivity contribution in [3.8, 4) is 5.88 Å². The predicted octanol–water partition coefficient (Wildman–Crippen LogP) is 4.52. The number of carbonyl (C=O) groups excluding carboxylic acids is 2. The standard InChI is InChI=1S/C27H37N3O3S/c31-26(12-17-33-25-9-3-4-13-28-25)29-15-10-21(11-16-29)24-18-22(19-34-24)27(32)30-14-5-7-20-6-1-2-8-23(20)30/h3-4,9,13,18,20-23H,1-2,5-8,10-12,14-17,19H2. The summed E-state index contributed by atoms with van der Waals surface area (Å²) in [7, 11) is 0. The summed E-state index contributed by atoms with van der Waals surface area (Å²) in [4.78, 5) is 35.8. The molecule has 1 aromatic heterocycles. The molecule has 1 aromatic rings. The highest BCUT2D eigenvalue weighted by Crippen LogP contribution is 2.41. The zero-order valence-electron chi connectivity index (χ0n) is 20.1. The summed E-state index contributed by atoms with van der Waals surface area (Å²) in [6, 6.07) is 6.02. The molecule has 6 nitrogen and oxygen atoms in total. The quantitative estimate of drug-likeness (QED) is 0.595. The fourth-order valence-electron chi connectivity index (χ4n) is 6.24. The summed E-state index contributed by atoms with van der Waals surface area (Å²) in [5.41, 5.74) is 0. The van der Waals surface area contributed by atoms with Gasteiger partial charge in [-0.1, -0.05) is 25.0 Å². The number of hydrogen-bond acceptors (Lipinski definition) is 5. The van der Waals surface area contributed by atoms with Crippen LogP contribution in [0.1, 0.15) is 57.8 Å². The number of aromatic nitrogens is 1. The Morgan fingerprint density at radius 3 is 2.68 bits per heavy atom. The van der Waals surface area contributed by atoms with Gasteiger partial charge in [-0.15, -0.1) is 11.8 Å². The zero-order valence-corrected chi connectivity index (χ0v) is 20.9. The Kier molecular flexibility index (Phi) is 7.77. The number of thioether (sulfide) groups is 1. The van der Waals surface area contributed by atoms with Crippen LogP contribution in [-0.2, 0) is 9.59 Å². The number of piperidine rings is 2. The van der Waals surface area contributed by atoms with Gasteiger partial charge in [0.25, 0.3) is 0 Å². The number of amides is 2. The van der Waals surface area contributed by atoms with Crippen molar-refractivity contribution in [1.82, 2.24) is 14.8 Å². The molecule has 1 aliphatic carbocycles. The van der Waals surface area contributed by atoms with E-state index in [-0.39, 0.29) is 11.8 Å². The van der Waals surface area contributed by atoms with Crippen molar-refractivity contribution in [3.63, 3.8) is 0 Å². The molecule has 4 aliphatic rings. The van der Waals surface area contributed by atoms with E-state index in [2.05, 4.69) is 16.0 Å². The first-order chi connectivity index (χ1) is 16.7. The van der Waals surface area contributed by atoms with Gasteiger partial charge in [0, 0.05) is 43.7 Å². The van der Waals surface area contributed by atoms with Crippen molar-refractivity contribution >= 4 is 23.6 Å². The summed E-state index contributed by atoms with van der Waals surface area (Å²) < 4.78 is 5.58. The lowest BCUT2D eigenvalue weighted by Gasteiger charge is -2.44. The molecule has 3 fully saturated rings. The van der Waals surface area contributed by atoms with E-state index in [1.165, 1.54) is 43.4 Å². The number of nitrogens with zero attached hydrogens (tertiary/aromatic N) is 3. The normalized spacial score (nSPS) is 27.8. The largest absolute Gasteiger partial charge is 0.477 e. The molecule has 3 aliphatic heterocycles. The predicted molar refractivity (Wildman–Crippen MR) is 134 cm³/mol. The van der Waals surface area contributed by atoms with E-state index in [0.29, 0.717) is 36.8 Å². The zero-order chi connectivity index (χ0) is 23.3. The van der Waals surface area contributed by atoms with E-state index in [4.69, 9.17) is 4.74 Å². The van der Waals surface area contributed by atoms with Gasteiger partial charge < -0.3 is 14.5 Å². The van der Waals surface area contributed by atoms with E-state index in [9.17, 15) is 9.59 Å². The second kappa shape index (κ2) is 11.1. The maximum Gasteiger partial charge on any atom is 0.230 e. The molecule has 4 heterocycles. The fourth-order valence-corrected chi connectivity index (χ4v) is 7.58. The molecule has 0 aromatic carbocycles. The smallest absolute Gasteiger partial charge is 0.230 e. The molecule has 2 amide bonds. The molecular weight excluding hydrogens is 446 g/mol. The first-order valence-corrected chi connectivity index (χ1v) is 14.1. The third-order valence-electron chi connectivity index (χ3n) is 8.09. The fraction of sp³-hybridized carbons (Fsp3) is 0.667.